The summed E-state index contributed by atoms with van der Waals surface area (Å²) < 4.78 is 11.3. The van der Waals surface area contributed by atoms with Gasteiger partial charge in [-0.25, -0.2) is 0 Å². The van der Waals surface area contributed by atoms with E-state index in [-0.39, 0.29) is 0 Å². The maximum absolute atomic E-state index is 10.6. The molecule has 2 aromatic carbocycles. The van der Waals surface area contributed by atoms with E-state index in [2.05, 4.69) is 30.3 Å². The predicted molar refractivity (Wildman–Crippen MR) is 107 cm³/mol. The Labute approximate surface area is 158 Å². The van der Waals surface area contributed by atoms with Crippen LogP contribution in [0.15, 0.2) is 64.1 Å². The van der Waals surface area contributed by atoms with Gasteiger partial charge in [0.05, 0.1) is 6.61 Å². The zero-order chi connectivity index (χ0) is 18.0. The number of aldehydes is 1. The van der Waals surface area contributed by atoms with Crippen LogP contribution in [-0.4, -0.2) is 18.6 Å². The number of carbonyl (C=O) groups is 1. The lowest BCUT2D eigenvalue weighted by Gasteiger charge is -2.09. The predicted octanol–water partition coefficient (Wildman–Crippen LogP) is 6.37. The molecule has 0 unspecified atom stereocenters. The Hall–Kier alpha value is -2.20. The SMILES string of the molecule is O=Cc1ccc(SCCCCCCCOc2cccc3ccccc23)o1. The zero-order valence-electron chi connectivity index (χ0n) is 14.9. The first-order chi connectivity index (χ1) is 12.9. The van der Waals surface area contributed by atoms with E-state index in [0.717, 1.165) is 42.3 Å². The summed E-state index contributed by atoms with van der Waals surface area (Å²) in [4.78, 5) is 10.6. The second-order valence-corrected chi connectivity index (χ2v) is 7.32. The van der Waals surface area contributed by atoms with Gasteiger partial charge in [0.25, 0.3) is 0 Å². The minimum atomic E-state index is 0.402. The molecule has 0 saturated carbocycles. The smallest absolute Gasteiger partial charge is 0.185 e. The molecule has 0 N–H and O–H groups in total. The quantitative estimate of drug-likeness (QED) is 0.224. The van der Waals surface area contributed by atoms with Gasteiger partial charge in [0, 0.05) is 11.1 Å². The van der Waals surface area contributed by atoms with E-state index >= 15 is 0 Å². The van der Waals surface area contributed by atoms with Crippen molar-refractivity contribution >= 4 is 28.8 Å². The van der Waals surface area contributed by atoms with Crippen LogP contribution in [0, 0.1) is 0 Å². The highest BCUT2D eigenvalue weighted by Gasteiger charge is 2.02. The summed E-state index contributed by atoms with van der Waals surface area (Å²) >= 11 is 1.67. The molecule has 0 atom stereocenters. The van der Waals surface area contributed by atoms with Gasteiger partial charge in [0.2, 0.25) is 0 Å². The highest BCUT2D eigenvalue weighted by molar-refractivity contribution is 7.99. The normalized spacial score (nSPS) is 10.9. The highest BCUT2D eigenvalue weighted by atomic mass is 32.2. The van der Waals surface area contributed by atoms with Gasteiger partial charge in [-0.1, -0.05) is 67.4 Å². The summed E-state index contributed by atoms with van der Waals surface area (Å²) in [5.41, 5.74) is 0. The van der Waals surface area contributed by atoms with E-state index in [1.165, 1.54) is 30.0 Å². The van der Waals surface area contributed by atoms with Crippen molar-refractivity contribution in [2.75, 3.05) is 12.4 Å². The van der Waals surface area contributed by atoms with Crippen molar-refractivity contribution in [3.63, 3.8) is 0 Å². The molecule has 0 amide bonds. The van der Waals surface area contributed by atoms with E-state index in [9.17, 15) is 4.79 Å². The molecule has 136 valence electrons. The fraction of sp³-hybridized carbons (Fsp3) is 0.318. The highest BCUT2D eigenvalue weighted by Crippen LogP contribution is 2.25. The number of hydrogen-bond donors (Lipinski definition) is 0. The Morgan fingerprint density at radius 3 is 2.58 bits per heavy atom. The molecule has 4 heteroatoms. The van der Waals surface area contributed by atoms with Gasteiger partial charge >= 0.3 is 0 Å². The molecule has 3 nitrogen and oxygen atoms in total. The Morgan fingerprint density at radius 1 is 0.885 bits per heavy atom. The van der Waals surface area contributed by atoms with Gasteiger partial charge in [-0.2, -0.15) is 0 Å². The van der Waals surface area contributed by atoms with Crippen molar-refractivity contribution in [3.8, 4) is 5.75 Å². The minimum absolute atomic E-state index is 0.402. The molecule has 1 heterocycles. The van der Waals surface area contributed by atoms with Gasteiger partial charge < -0.3 is 9.15 Å². The van der Waals surface area contributed by atoms with Crippen LogP contribution in [0.1, 0.15) is 42.7 Å². The standard InChI is InChI=1S/C22H24O3S/c23-17-19-13-14-22(25-19)26-16-7-3-1-2-6-15-24-21-12-8-10-18-9-4-5-11-20(18)21/h4-5,8-14,17H,1-3,6-7,15-16H2. The molecular weight excluding hydrogens is 344 g/mol. The van der Waals surface area contributed by atoms with E-state index in [4.69, 9.17) is 9.15 Å². The van der Waals surface area contributed by atoms with E-state index < -0.39 is 0 Å². The Morgan fingerprint density at radius 2 is 1.69 bits per heavy atom. The van der Waals surface area contributed by atoms with Crippen LogP contribution in [0.4, 0.5) is 0 Å². The Balaban J connectivity index is 1.26. The maximum Gasteiger partial charge on any atom is 0.185 e. The van der Waals surface area contributed by atoms with Crippen molar-refractivity contribution in [1.29, 1.82) is 0 Å². The molecule has 0 aliphatic carbocycles. The molecule has 0 aliphatic heterocycles. The lowest BCUT2D eigenvalue weighted by molar-refractivity contribution is 0.109. The molecule has 0 saturated heterocycles. The van der Waals surface area contributed by atoms with Crippen molar-refractivity contribution < 1.29 is 13.9 Å². The van der Waals surface area contributed by atoms with Crippen molar-refractivity contribution in [1.82, 2.24) is 0 Å². The molecule has 26 heavy (non-hydrogen) atoms. The molecule has 0 spiro atoms. The minimum Gasteiger partial charge on any atom is -0.493 e. The second-order valence-electron chi connectivity index (χ2n) is 6.22. The number of ether oxygens (including phenoxy) is 1. The fourth-order valence-electron chi connectivity index (χ4n) is 2.89. The van der Waals surface area contributed by atoms with E-state index in [0.29, 0.717) is 5.76 Å². The molecule has 1 aromatic heterocycles. The largest absolute Gasteiger partial charge is 0.493 e. The van der Waals surface area contributed by atoms with Crippen LogP contribution in [0.5, 0.6) is 5.75 Å². The van der Waals surface area contributed by atoms with Gasteiger partial charge in [-0.3, -0.25) is 4.79 Å². The number of fused-ring (bicyclic) bond motifs is 1. The van der Waals surface area contributed by atoms with Gasteiger partial charge in [0.15, 0.2) is 17.1 Å². The zero-order valence-corrected chi connectivity index (χ0v) is 15.7. The molecule has 0 fully saturated rings. The number of thioether (sulfide) groups is 1. The lowest BCUT2D eigenvalue weighted by atomic mass is 10.1. The first-order valence-electron chi connectivity index (χ1n) is 9.15. The topological polar surface area (TPSA) is 39.4 Å². The molecule has 3 aromatic rings. The molecular formula is C22H24O3S. The molecule has 0 aliphatic rings. The third-order valence-electron chi connectivity index (χ3n) is 4.26. The van der Waals surface area contributed by atoms with E-state index in [1.54, 1.807) is 17.8 Å². The molecule has 0 bridgehead atoms. The monoisotopic (exact) mass is 368 g/mol. The second kappa shape index (κ2) is 10.1. The summed E-state index contributed by atoms with van der Waals surface area (Å²) in [7, 11) is 0. The van der Waals surface area contributed by atoms with Gasteiger partial charge in [-0.05, 0) is 36.4 Å². The number of carbonyl (C=O) groups excluding carboxylic acids is 1. The first kappa shape index (κ1) is 18.6. The number of unbranched alkanes of at least 4 members (excludes halogenated alkanes) is 4. The molecule has 3 rings (SSSR count). The van der Waals surface area contributed by atoms with Crippen LogP contribution in [0.3, 0.4) is 0 Å². The van der Waals surface area contributed by atoms with Crippen molar-refractivity contribution in [3.05, 3.63) is 60.4 Å². The summed E-state index contributed by atoms with van der Waals surface area (Å²) in [6.07, 6.45) is 6.60. The number of benzene rings is 2. The third kappa shape index (κ3) is 5.40. The van der Waals surface area contributed by atoms with Crippen LogP contribution in [0.25, 0.3) is 10.8 Å². The lowest BCUT2D eigenvalue weighted by Crippen LogP contribution is -1.98. The van der Waals surface area contributed by atoms with Crippen LogP contribution in [0.2, 0.25) is 0 Å². The average Bonchev–Trinajstić information content (AvgIpc) is 3.15. The average molecular weight is 368 g/mol. The molecule has 0 radical (unpaired) electrons. The third-order valence-corrected chi connectivity index (χ3v) is 5.26. The maximum atomic E-state index is 10.6. The summed E-state index contributed by atoms with van der Waals surface area (Å²) in [5, 5.41) is 3.23. The van der Waals surface area contributed by atoms with Crippen LogP contribution >= 0.6 is 11.8 Å². The van der Waals surface area contributed by atoms with Crippen molar-refractivity contribution in [2.45, 2.75) is 37.2 Å². The number of hydrogen-bond acceptors (Lipinski definition) is 4. The van der Waals surface area contributed by atoms with E-state index in [1.807, 2.05) is 18.2 Å². The number of rotatable bonds is 11. The number of furan rings is 1. The fourth-order valence-corrected chi connectivity index (χ4v) is 3.76. The van der Waals surface area contributed by atoms with Crippen molar-refractivity contribution in [2.24, 2.45) is 0 Å². The first-order valence-corrected chi connectivity index (χ1v) is 10.1. The summed E-state index contributed by atoms with van der Waals surface area (Å²) in [5.74, 6) is 2.41. The Kier molecular flexibility index (Phi) is 7.20. The summed E-state index contributed by atoms with van der Waals surface area (Å²) in [6.45, 7) is 0.767. The van der Waals surface area contributed by atoms with Gasteiger partial charge in [-0.15, -0.1) is 0 Å². The summed E-state index contributed by atoms with van der Waals surface area (Å²) in [6, 6.07) is 18.1. The van der Waals surface area contributed by atoms with Gasteiger partial charge in [0.1, 0.15) is 5.75 Å². The Bertz CT molecular complexity index is 820. The van der Waals surface area contributed by atoms with Crippen LogP contribution in [-0.2, 0) is 0 Å². The van der Waals surface area contributed by atoms with Crippen LogP contribution < -0.4 is 4.74 Å².